The number of benzene rings is 2. The van der Waals surface area contributed by atoms with Crippen LogP contribution in [0.3, 0.4) is 0 Å². The van der Waals surface area contributed by atoms with Crippen molar-refractivity contribution in [3.63, 3.8) is 0 Å². The highest BCUT2D eigenvalue weighted by atomic mass is 79.9. The van der Waals surface area contributed by atoms with Gasteiger partial charge in [0.15, 0.2) is 5.78 Å². The van der Waals surface area contributed by atoms with Crippen molar-refractivity contribution in [2.24, 2.45) is 5.92 Å². The van der Waals surface area contributed by atoms with Gasteiger partial charge in [0.1, 0.15) is 17.3 Å². The van der Waals surface area contributed by atoms with Crippen molar-refractivity contribution in [2.75, 3.05) is 20.2 Å². The first-order valence-electron chi connectivity index (χ1n) is 12.7. The van der Waals surface area contributed by atoms with Crippen molar-refractivity contribution < 1.29 is 14.6 Å². The van der Waals surface area contributed by atoms with Crippen LogP contribution in [0.4, 0.5) is 0 Å². The highest BCUT2D eigenvalue weighted by molar-refractivity contribution is 8.93. The van der Waals surface area contributed by atoms with Crippen molar-refractivity contribution in [2.45, 2.75) is 78.1 Å². The highest BCUT2D eigenvalue weighted by Crippen LogP contribution is 2.41. The molecular weight excluding hydrogens is 516 g/mol. The Bertz CT molecular complexity index is 1050. The van der Waals surface area contributed by atoms with Gasteiger partial charge in [-0.2, -0.15) is 0 Å². The summed E-state index contributed by atoms with van der Waals surface area (Å²) in [5.41, 5.74) is 2.66. The molecule has 1 aliphatic heterocycles. The Labute approximate surface area is 227 Å². The number of nitrogens with zero attached hydrogens (tertiary/aromatic N) is 1. The predicted octanol–water partition coefficient (Wildman–Crippen LogP) is 7.25. The Kier molecular flexibility index (Phi) is 9.44. The van der Waals surface area contributed by atoms with E-state index in [0.29, 0.717) is 23.9 Å². The smallest absolute Gasteiger partial charge is 0.182 e. The van der Waals surface area contributed by atoms with Crippen molar-refractivity contribution >= 4 is 28.6 Å². The molecular formula is C30H43BrN2O3. The molecule has 2 aromatic rings. The fourth-order valence-corrected chi connectivity index (χ4v) is 5.13. The van der Waals surface area contributed by atoms with Gasteiger partial charge in [-0.3, -0.25) is 10.2 Å². The molecule has 2 N–H and O–H groups in total. The molecule has 1 heterocycles. The summed E-state index contributed by atoms with van der Waals surface area (Å²) in [5, 5.41) is 20.0. The lowest BCUT2D eigenvalue weighted by molar-refractivity contribution is 0.0963. The number of Topliss-reactive ketones (excluding diaryl/α,β-unsaturated/α-hetero) is 1. The van der Waals surface area contributed by atoms with Crippen LogP contribution < -0.4 is 4.74 Å². The highest BCUT2D eigenvalue weighted by Gasteiger charge is 2.39. The first-order chi connectivity index (χ1) is 16.3. The molecule has 0 unspecified atom stereocenters. The van der Waals surface area contributed by atoms with Gasteiger partial charge in [-0.05, 0) is 53.0 Å². The molecule has 0 amide bonds. The lowest BCUT2D eigenvalue weighted by Crippen LogP contribution is -2.32. The van der Waals surface area contributed by atoms with E-state index in [1.54, 1.807) is 7.11 Å². The SMILES string of the molecule is Br.CCC[C@@H]1CN(CC(=O)c2cc(C(C)(C)C)c(O)c(C(C)(C)C)c2)C(=N)[C@@H]1c1ccc(OC)cc1. The summed E-state index contributed by atoms with van der Waals surface area (Å²) in [5.74, 6) is 1.84. The zero-order valence-electron chi connectivity index (χ0n) is 23.1. The molecule has 2 aromatic carbocycles. The standard InChI is InChI=1S/C30H42N2O3.BrH/c1-9-10-20-17-32(28(31)26(20)19-11-13-22(35-8)14-12-19)18-25(33)21-15-23(29(2,3)4)27(34)24(16-21)30(5,6)7;/h11-16,20,26,31,34H,9-10,17-18H2,1-8H3;1H/t20-,26-;/m1./s1. The van der Waals surface area contributed by atoms with E-state index in [2.05, 4.69) is 6.92 Å². The summed E-state index contributed by atoms with van der Waals surface area (Å²) in [7, 11) is 1.65. The molecule has 36 heavy (non-hydrogen) atoms. The van der Waals surface area contributed by atoms with Crippen LogP contribution in [0.5, 0.6) is 11.5 Å². The molecule has 1 fully saturated rings. The Morgan fingerprint density at radius 2 is 1.58 bits per heavy atom. The maximum Gasteiger partial charge on any atom is 0.182 e. The summed E-state index contributed by atoms with van der Waals surface area (Å²) < 4.78 is 5.30. The zero-order chi connectivity index (χ0) is 26.1. The number of aromatic hydroxyl groups is 1. The summed E-state index contributed by atoms with van der Waals surface area (Å²) >= 11 is 0. The normalized spacial score (nSPS) is 18.2. The number of carbonyl (C=O) groups excluding carboxylic acids is 1. The third kappa shape index (κ3) is 6.31. The summed E-state index contributed by atoms with van der Waals surface area (Å²) in [6.45, 7) is 15.3. The second-order valence-electron chi connectivity index (χ2n) is 11.9. The van der Waals surface area contributed by atoms with Crippen LogP contribution in [-0.4, -0.2) is 41.8 Å². The van der Waals surface area contributed by atoms with Gasteiger partial charge in [-0.1, -0.05) is 67.0 Å². The number of phenolic OH excluding ortho intramolecular Hbond substituents is 1. The Morgan fingerprint density at radius 3 is 2.03 bits per heavy atom. The van der Waals surface area contributed by atoms with Gasteiger partial charge in [0.05, 0.1) is 13.7 Å². The molecule has 5 nitrogen and oxygen atoms in total. The van der Waals surface area contributed by atoms with Gasteiger partial charge in [0, 0.05) is 29.2 Å². The maximum atomic E-state index is 13.6. The first kappa shape index (κ1) is 29.9. The number of carbonyl (C=O) groups is 1. The Hall–Kier alpha value is -2.34. The number of likely N-dealkylation sites (tertiary alicyclic amines) is 1. The number of ketones is 1. The number of ether oxygens (including phenoxy) is 1. The van der Waals surface area contributed by atoms with Crippen molar-refractivity contribution in [3.8, 4) is 11.5 Å². The molecule has 0 radical (unpaired) electrons. The molecule has 198 valence electrons. The van der Waals surface area contributed by atoms with Crippen LogP contribution in [0.15, 0.2) is 36.4 Å². The minimum atomic E-state index is -0.299. The minimum Gasteiger partial charge on any atom is -0.507 e. The third-order valence-corrected chi connectivity index (χ3v) is 7.08. The van der Waals surface area contributed by atoms with Crippen molar-refractivity contribution in [1.82, 2.24) is 4.90 Å². The van der Waals surface area contributed by atoms with Crippen LogP contribution in [0.1, 0.15) is 94.3 Å². The average molecular weight is 560 g/mol. The van der Waals surface area contributed by atoms with Crippen molar-refractivity contribution in [1.29, 1.82) is 5.41 Å². The van der Waals surface area contributed by atoms with E-state index in [9.17, 15) is 9.90 Å². The second kappa shape index (κ2) is 11.4. The van der Waals surface area contributed by atoms with E-state index >= 15 is 0 Å². The molecule has 1 aliphatic rings. The lowest BCUT2D eigenvalue weighted by Gasteiger charge is -2.28. The number of halogens is 1. The van der Waals surface area contributed by atoms with E-state index < -0.39 is 0 Å². The lowest BCUT2D eigenvalue weighted by atomic mass is 9.78. The molecule has 0 spiro atoms. The monoisotopic (exact) mass is 558 g/mol. The van der Waals surface area contributed by atoms with Gasteiger partial charge in [0.2, 0.25) is 0 Å². The average Bonchev–Trinajstić information content (AvgIpc) is 3.07. The third-order valence-electron chi connectivity index (χ3n) is 7.08. The number of rotatable bonds is 7. The number of amidine groups is 1. The maximum absolute atomic E-state index is 13.6. The van der Waals surface area contributed by atoms with Crippen LogP contribution in [0.25, 0.3) is 0 Å². The van der Waals surface area contributed by atoms with E-state index in [-0.39, 0.29) is 51.8 Å². The Morgan fingerprint density at radius 1 is 1.06 bits per heavy atom. The quantitative estimate of drug-likeness (QED) is 0.351. The molecule has 6 heteroatoms. The molecule has 0 bridgehead atoms. The zero-order valence-corrected chi connectivity index (χ0v) is 24.8. The minimum absolute atomic E-state index is 0. The van der Waals surface area contributed by atoms with Crippen LogP contribution in [0, 0.1) is 11.3 Å². The molecule has 0 aromatic heterocycles. The topological polar surface area (TPSA) is 73.6 Å². The van der Waals surface area contributed by atoms with E-state index in [1.165, 1.54) is 0 Å². The molecule has 2 atom stereocenters. The first-order valence-corrected chi connectivity index (χ1v) is 12.7. The fourth-order valence-electron chi connectivity index (χ4n) is 5.13. The second-order valence-corrected chi connectivity index (χ2v) is 11.9. The van der Waals surface area contributed by atoms with Gasteiger partial charge in [0.25, 0.3) is 0 Å². The van der Waals surface area contributed by atoms with E-state index in [0.717, 1.165) is 35.3 Å². The largest absolute Gasteiger partial charge is 0.507 e. The van der Waals surface area contributed by atoms with Crippen molar-refractivity contribution in [3.05, 3.63) is 58.7 Å². The van der Waals surface area contributed by atoms with Crippen LogP contribution >= 0.6 is 17.0 Å². The number of phenols is 1. The molecule has 0 saturated carbocycles. The Balaban J connectivity index is 0.00000456. The fraction of sp³-hybridized carbons (Fsp3) is 0.533. The number of nitrogens with one attached hydrogen (secondary N) is 1. The molecule has 0 aliphatic carbocycles. The summed E-state index contributed by atoms with van der Waals surface area (Å²) in [6.07, 6.45) is 2.04. The summed E-state index contributed by atoms with van der Waals surface area (Å²) in [6, 6.07) is 11.7. The van der Waals surface area contributed by atoms with E-state index in [1.807, 2.05) is 82.8 Å². The summed E-state index contributed by atoms with van der Waals surface area (Å²) in [4.78, 5) is 15.5. The van der Waals surface area contributed by atoms with Crippen LogP contribution in [-0.2, 0) is 10.8 Å². The number of hydrogen-bond donors (Lipinski definition) is 2. The van der Waals surface area contributed by atoms with E-state index in [4.69, 9.17) is 10.1 Å². The molecule has 3 rings (SSSR count). The number of methoxy groups -OCH3 is 1. The van der Waals surface area contributed by atoms with Gasteiger partial charge in [-0.15, -0.1) is 17.0 Å². The van der Waals surface area contributed by atoms with Gasteiger partial charge < -0.3 is 14.7 Å². The predicted molar refractivity (Wildman–Crippen MR) is 154 cm³/mol. The number of hydrogen-bond acceptors (Lipinski definition) is 4. The van der Waals surface area contributed by atoms with Gasteiger partial charge >= 0.3 is 0 Å². The van der Waals surface area contributed by atoms with Gasteiger partial charge in [-0.25, -0.2) is 0 Å². The molecule has 1 saturated heterocycles. The van der Waals surface area contributed by atoms with Crippen LogP contribution in [0.2, 0.25) is 0 Å².